The molecule has 2 heterocycles. The van der Waals surface area contributed by atoms with Gasteiger partial charge in [0.05, 0.1) is 12.7 Å². The predicted molar refractivity (Wildman–Crippen MR) is 54.4 cm³/mol. The van der Waals surface area contributed by atoms with Crippen LogP contribution in [0.4, 0.5) is 0 Å². The lowest BCUT2D eigenvalue weighted by Crippen LogP contribution is -2.29. The lowest BCUT2D eigenvalue weighted by Gasteiger charge is -2.21. The molecule has 0 radical (unpaired) electrons. The first-order chi connectivity index (χ1) is 7.16. The topological polar surface area (TPSA) is 58.4 Å². The molecule has 15 heavy (non-hydrogen) atoms. The number of carboxylic acid groups (broad SMARTS) is 1. The van der Waals surface area contributed by atoms with Gasteiger partial charge in [-0.3, -0.25) is 14.4 Å². The Balaban J connectivity index is 2.10. The summed E-state index contributed by atoms with van der Waals surface area (Å²) in [6, 6.07) is 0.231. The lowest BCUT2D eigenvalue weighted by molar-refractivity contribution is -0.138. The summed E-state index contributed by atoms with van der Waals surface area (Å²) in [5, 5.41) is 12.9. The Morgan fingerprint density at radius 2 is 2.53 bits per heavy atom. The van der Waals surface area contributed by atoms with Gasteiger partial charge in [0.1, 0.15) is 0 Å². The van der Waals surface area contributed by atoms with Crippen LogP contribution in [0.15, 0.2) is 12.4 Å². The summed E-state index contributed by atoms with van der Waals surface area (Å²) in [6.45, 7) is 0.991. The number of hydrogen-bond acceptors (Lipinski definition) is 3. The van der Waals surface area contributed by atoms with Crippen molar-refractivity contribution in [2.75, 3.05) is 13.1 Å². The summed E-state index contributed by atoms with van der Waals surface area (Å²) in [5.74, 6) is -0.759. The van der Waals surface area contributed by atoms with Crippen molar-refractivity contribution in [2.24, 2.45) is 7.05 Å². The van der Waals surface area contributed by atoms with Gasteiger partial charge in [-0.25, -0.2) is 0 Å². The maximum absolute atomic E-state index is 10.7. The van der Waals surface area contributed by atoms with Gasteiger partial charge in [0.15, 0.2) is 0 Å². The molecule has 1 N–H and O–H groups in total. The molecule has 1 aliphatic rings. The SMILES string of the molecule is Cn1cc([C@H]2CCCN2CC(=O)O)cn1. The van der Waals surface area contributed by atoms with Crippen LogP contribution in [0.5, 0.6) is 0 Å². The molecule has 1 saturated heterocycles. The Kier molecular flexibility index (Phi) is 2.73. The van der Waals surface area contributed by atoms with E-state index in [1.807, 2.05) is 24.3 Å². The van der Waals surface area contributed by atoms with Gasteiger partial charge < -0.3 is 5.11 Å². The van der Waals surface area contributed by atoms with Gasteiger partial charge in [-0.2, -0.15) is 5.10 Å². The zero-order chi connectivity index (χ0) is 10.8. The molecule has 1 aromatic heterocycles. The molecule has 2 rings (SSSR count). The van der Waals surface area contributed by atoms with Gasteiger partial charge >= 0.3 is 5.97 Å². The van der Waals surface area contributed by atoms with Crippen molar-refractivity contribution in [2.45, 2.75) is 18.9 Å². The largest absolute Gasteiger partial charge is 0.480 e. The Bertz CT molecular complexity index is 361. The fraction of sp³-hybridized carbons (Fsp3) is 0.600. The third-order valence-corrected chi connectivity index (χ3v) is 2.81. The highest BCUT2D eigenvalue weighted by Crippen LogP contribution is 2.30. The highest BCUT2D eigenvalue weighted by molar-refractivity contribution is 5.69. The minimum absolute atomic E-state index is 0.125. The molecule has 5 nitrogen and oxygen atoms in total. The number of aromatic nitrogens is 2. The van der Waals surface area contributed by atoms with Crippen molar-refractivity contribution < 1.29 is 9.90 Å². The van der Waals surface area contributed by atoms with E-state index in [0.29, 0.717) is 0 Å². The van der Waals surface area contributed by atoms with Crippen LogP contribution in [0.1, 0.15) is 24.4 Å². The number of carboxylic acids is 1. The van der Waals surface area contributed by atoms with Crippen LogP contribution in [-0.2, 0) is 11.8 Å². The van der Waals surface area contributed by atoms with Crippen molar-refractivity contribution in [3.05, 3.63) is 18.0 Å². The monoisotopic (exact) mass is 209 g/mol. The van der Waals surface area contributed by atoms with E-state index in [-0.39, 0.29) is 12.6 Å². The van der Waals surface area contributed by atoms with E-state index in [4.69, 9.17) is 5.11 Å². The average molecular weight is 209 g/mol. The number of aryl methyl sites for hydroxylation is 1. The summed E-state index contributed by atoms with van der Waals surface area (Å²) in [4.78, 5) is 12.7. The Morgan fingerprint density at radius 3 is 3.13 bits per heavy atom. The number of rotatable bonds is 3. The molecule has 0 spiro atoms. The second-order valence-corrected chi connectivity index (χ2v) is 3.97. The maximum atomic E-state index is 10.7. The van der Waals surface area contributed by atoms with Crippen LogP contribution in [0.25, 0.3) is 0 Å². The third-order valence-electron chi connectivity index (χ3n) is 2.81. The third kappa shape index (κ3) is 2.18. The van der Waals surface area contributed by atoms with E-state index in [1.165, 1.54) is 0 Å². The zero-order valence-electron chi connectivity index (χ0n) is 8.76. The minimum Gasteiger partial charge on any atom is -0.480 e. The molecule has 5 heteroatoms. The summed E-state index contributed by atoms with van der Waals surface area (Å²) >= 11 is 0. The molecule has 82 valence electrons. The van der Waals surface area contributed by atoms with Crippen LogP contribution in [0.2, 0.25) is 0 Å². The number of hydrogen-bond donors (Lipinski definition) is 1. The van der Waals surface area contributed by atoms with Gasteiger partial charge in [-0.15, -0.1) is 0 Å². The van der Waals surface area contributed by atoms with Gasteiger partial charge in [0, 0.05) is 24.8 Å². The van der Waals surface area contributed by atoms with E-state index in [1.54, 1.807) is 4.68 Å². The van der Waals surface area contributed by atoms with Crippen LogP contribution < -0.4 is 0 Å². The van der Waals surface area contributed by atoms with Gasteiger partial charge in [0.2, 0.25) is 0 Å². The van der Waals surface area contributed by atoms with Crippen LogP contribution in [0, 0.1) is 0 Å². The summed E-state index contributed by atoms with van der Waals surface area (Å²) < 4.78 is 1.76. The van der Waals surface area contributed by atoms with E-state index in [9.17, 15) is 4.79 Å². The molecular weight excluding hydrogens is 194 g/mol. The number of likely N-dealkylation sites (tertiary alicyclic amines) is 1. The first-order valence-corrected chi connectivity index (χ1v) is 5.11. The average Bonchev–Trinajstić information content (AvgIpc) is 2.72. The molecule has 1 aliphatic heterocycles. The molecule has 1 atom stereocenters. The minimum atomic E-state index is -0.759. The molecular formula is C10H15N3O2. The van der Waals surface area contributed by atoms with Crippen molar-refractivity contribution in [1.29, 1.82) is 0 Å². The highest BCUT2D eigenvalue weighted by Gasteiger charge is 2.28. The van der Waals surface area contributed by atoms with Gasteiger partial charge in [-0.05, 0) is 19.4 Å². The second kappa shape index (κ2) is 4.02. The molecule has 0 bridgehead atoms. The van der Waals surface area contributed by atoms with Gasteiger partial charge in [-0.1, -0.05) is 0 Å². The Labute approximate surface area is 88.3 Å². The lowest BCUT2D eigenvalue weighted by atomic mass is 10.1. The fourth-order valence-corrected chi connectivity index (χ4v) is 2.18. The Morgan fingerprint density at radius 1 is 1.73 bits per heavy atom. The smallest absolute Gasteiger partial charge is 0.317 e. The molecule has 1 fully saturated rings. The quantitative estimate of drug-likeness (QED) is 0.793. The summed E-state index contributed by atoms with van der Waals surface area (Å²) in [7, 11) is 1.87. The zero-order valence-corrected chi connectivity index (χ0v) is 8.76. The highest BCUT2D eigenvalue weighted by atomic mass is 16.4. The van der Waals surface area contributed by atoms with Crippen LogP contribution in [-0.4, -0.2) is 38.8 Å². The summed E-state index contributed by atoms with van der Waals surface area (Å²) in [5.41, 5.74) is 1.12. The standard InChI is InChI=1S/C10H15N3O2/c1-12-6-8(5-11-12)9-3-2-4-13(9)7-10(14)15/h5-6,9H,2-4,7H2,1H3,(H,14,15)/t9-/m1/s1. The first-order valence-electron chi connectivity index (χ1n) is 5.11. The van der Waals surface area contributed by atoms with Crippen molar-refractivity contribution in [3.63, 3.8) is 0 Å². The van der Waals surface area contributed by atoms with Gasteiger partial charge in [0.25, 0.3) is 0 Å². The maximum Gasteiger partial charge on any atom is 0.317 e. The first kappa shape index (κ1) is 10.2. The number of aliphatic carboxylic acids is 1. The van der Waals surface area contributed by atoms with E-state index in [2.05, 4.69) is 5.10 Å². The number of carbonyl (C=O) groups is 1. The molecule has 0 unspecified atom stereocenters. The van der Waals surface area contributed by atoms with E-state index in [0.717, 1.165) is 24.9 Å². The molecule has 1 aromatic rings. The number of nitrogens with zero attached hydrogens (tertiary/aromatic N) is 3. The molecule has 0 saturated carbocycles. The second-order valence-electron chi connectivity index (χ2n) is 3.97. The Hall–Kier alpha value is -1.36. The molecule has 0 amide bonds. The van der Waals surface area contributed by atoms with Crippen LogP contribution in [0.3, 0.4) is 0 Å². The van der Waals surface area contributed by atoms with Crippen molar-refractivity contribution in [1.82, 2.24) is 14.7 Å². The molecule has 0 aromatic carbocycles. The summed E-state index contributed by atoms with van der Waals surface area (Å²) in [6.07, 6.45) is 5.88. The van der Waals surface area contributed by atoms with E-state index < -0.39 is 5.97 Å². The fourth-order valence-electron chi connectivity index (χ4n) is 2.18. The normalized spacial score (nSPS) is 22.1. The van der Waals surface area contributed by atoms with Crippen LogP contribution >= 0.6 is 0 Å². The van der Waals surface area contributed by atoms with Crippen molar-refractivity contribution in [3.8, 4) is 0 Å². The van der Waals surface area contributed by atoms with Crippen molar-refractivity contribution >= 4 is 5.97 Å². The van der Waals surface area contributed by atoms with E-state index >= 15 is 0 Å². The molecule has 0 aliphatic carbocycles. The predicted octanol–water partition coefficient (Wildman–Crippen LogP) is 0.642.